The van der Waals surface area contributed by atoms with E-state index >= 15 is 0 Å². The van der Waals surface area contributed by atoms with Crippen molar-refractivity contribution in [3.63, 3.8) is 0 Å². The van der Waals surface area contributed by atoms with E-state index in [0.29, 0.717) is 13.0 Å². The number of benzene rings is 1. The van der Waals surface area contributed by atoms with Crippen LogP contribution in [0.15, 0.2) is 54.7 Å². The Balaban J connectivity index is 0.000000258. The number of carbonyl (C=O) groups excluding carboxylic acids is 1. The molecule has 1 aromatic carbocycles. The number of nitrogens with one attached hydrogen (secondary N) is 1. The molecule has 4 rings (SSSR count). The first kappa shape index (κ1) is 31.9. The number of likely N-dealkylation sites (N-methyl/N-ethyl adjacent to an activating group) is 1. The van der Waals surface area contributed by atoms with Crippen LogP contribution in [0.2, 0.25) is 0 Å². The van der Waals surface area contributed by atoms with Crippen molar-refractivity contribution in [2.45, 2.75) is 54.9 Å². The zero-order valence-electron chi connectivity index (χ0n) is 24.8. The molecule has 39 heavy (non-hydrogen) atoms. The smallest absolute Gasteiger partial charge is 0.224 e. The summed E-state index contributed by atoms with van der Waals surface area (Å²) in [5, 5.41) is 4.00. The number of carbonyl (C=O) groups is 1. The van der Waals surface area contributed by atoms with Gasteiger partial charge in [-0.3, -0.25) is 9.78 Å². The van der Waals surface area contributed by atoms with Crippen LogP contribution in [-0.2, 0) is 11.2 Å². The van der Waals surface area contributed by atoms with Gasteiger partial charge in [0.2, 0.25) is 5.91 Å². The second kappa shape index (κ2) is 16.6. The lowest BCUT2D eigenvalue weighted by Gasteiger charge is -2.18. The maximum absolute atomic E-state index is 11.7. The molecule has 8 heteroatoms. The van der Waals surface area contributed by atoms with Crippen LogP contribution in [0.3, 0.4) is 0 Å². The van der Waals surface area contributed by atoms with Crippen molar-refractivity contribution in [3.8, 4) is 0 Å². The standard InChI is InChI=1S/C15H15N3S.C14H23N3O.C2H6/c1-10-4-6-12(7-5-10)18(3)14-9-8-13-15(17-14)19-11(2)16-13;1-4-17(5-2)9-8-16-14(18)11-13-6-7-15-12(3)10-13;1-2/h4-9H,1-3H3;6-7,10H,4-5,8-9,11H2,1-3H3,(H,16,18);1-2H3. The molecule has 0 aliphatic carbocycles. The third kappa shape index (κ3) is 10.4. The molecule has 1 amide bonds. The molecule has 0 unspecified atom stereocenters. The molecular weight excluding hydrogens is 504 g/mol. The summed E-state index contributed by atoms with van der Waals surface area (Å²) in [5.74, 6) is 1.02. The number of amides is 1. The van der Waals surface area contributed by atoms with E-state index in [-0.39, 0.29) is 5.91 Å². The molecule has 0 aliphatic rings. The Kier molecular flexibility index (Phi) is 13.5. The Labute approximate surface area is 238 Å². The predicted octanol–water partition coefficient (Wildman–Crippen LogP) is 6.49. The van der Waals surface area contributed by atoms with Gasteiger partial charge in [0.1, 0.15) is 16.2 Å². The summed E-state index contributed by atoms with van der Waals surface area (Å²) < 4.78 is 0. The van der Waals surface area contributed by atoms with Gasteiger partial charge in [-0.1, -0.05) is 56.7 Å². The Morgan fingerprint density at radius 1 is 0.949 bits per heavy atom. The van der Waals surface area contributed by atoms with Crippen LogP contribution in [0.25, 0.3) is 10.3 Å². The van der Waals surface area contributed by atoms with Gasteiger partial charge in [0.05, 0.1) is 11.4 Å². The van der Waals surface area contributed by atoms with Crippen molar-refractivity contribution in [2.24, 2.45) is 0 Å². The lowest BCUT2D eigenvalue weighted by Crippen LogP contribution is -2.35. The minimum atomic E-state index is 0.0766. The Morgan fingerprint density at radius 3 is 2.28 bits per heavy atom. The van der Waals surface area contributed by atoms with Crippen LogP contribution in [0.5, 0.6) is 0 Å². The van der Waals surface area contributed by atoms with E-state index in [0.717, 1.165) is 57.8 Å². The van der Waals surface area contributed by atoms with E-state index in [4.69, 9.17) is 0 Å². The molecule has 3 heterocycles. The highest BCUT2D eigenvalue weighted by atomic mass is 32.1. The molecule has 0 saturated carbocycles. The van der Waals surface area contributed by atoms with E-state index in [1.807, 2.05) is 59.0 Å². The summed E-state index contributed by atoms with van der Waals surface area (Å²) in [6.45, 7) is 18.0. The second-order valence-corrected chi connectivity index (χ2v) is 10.2. The van der Waals surface area contributed by atoms with Gasteiger partial charge in [-0.15, -0.1) is 0 Å². The van der Waals surface area contributed by atoms with E-state index in [2.05, 4.69) is 75.1 Å². The van der Waals surface area contributed by atoms with E-state index in [9.17, 15) is 4.79 Å². The molecule has 0 fully saturated rings. The molecule has 0 atom stereocenters. The van der Waals surface area contributed by atoms with Gasteiger partial charge >= 0.3 is 0 Å². The molecule has 210 valence electrons. The molecule has 3 aromatic heterocycles. The quantitative estimate of drug-likeness (QED) is 0.258. The summed E-state index contributed by atoms with van der Waals surface area (Å²) in [6, 6.07) is 16.3. The van der Waals surface area contributed by atoms with Crippen molar-refractivity contribution in [1.29, 1.82) is 0 Å². The third-order valence-electron chi connectivity index (χ3n) is 6.08. The van der Waals surface area contributed by atoms with Crippen molar-refractivity contribution < 1.29 is 4.79 Å². The molecule has 0 radical (unpaired) electrons. The normalized spacial score (nSPS) is 10.4. The topological polar surface area (TPSA) is 74.2 Å². The van der Waals surface area contributed by atoms with Gasteiger partial charge in [0, 0.05) is 37.7 Å². The van der Waals surface area contributed by atoms with Crippen molar-refractivity contribution in [1.82, 2.24) is 25.2 Å². The van der Waals surface area contributed by atoms with Crippen LogP contribution in [0, 0.1) is 20.8 Å². The fourth-order valence-electron chi connectivity index (χ4n) is 3.86. The number of aromatic nitrogens is 3. The first-order chi connectivity index (χ1) is 18.8. The van der Waals surface area contributed by atoms with Gasteiger partial charge in [0.15, 0.2) is 0 Å². The molecule has 0 aliphatic heterocycles. The fourth-order valence-corrected chi connectivity index (χ4v) is 4.64. The summed E-state index contributed by atoms with van der Waals surface area (Å²) in [7, 11) is 2.03. The number of nitrogens with zero attached hydrogens (tertiary/aromatic N) is 5. The van der Waals surface area contributed by atoms with Gasteiger partial charge < -0.3 is 15.1 Å². The summed E-state index contributed by atoms with van der Waals surface area (Å²) in [4.78, 5) is 30.3. The first-order valence-electron chi connectivity index (χ1n) is 13.7. The van der Waals surface area contributed by atoms with Gasteiger partial charge in [-0.2, -0.15) is 0 Å². The zero-order chi connectivity index (χ0) is 28.8. The van der Waals surface area contributed by atoms with Crippen LogP contribution >= 0.6 is 11.3 Å². The van der Waals surface area contributed by atoms with Crippen LogP contribution in [-0.4, -0.2) is 59.0 Å². The molecular formula is C31H44N6OS. The average molecular weight is 549 g/mol. The lowest BCUT2D eigenvalue weighted by molar-refractivity contribution is -0.120. The number of rotatable bonds is 9. The monoisotopic (exact) mass is 548 g/mol. The lowest BCUT2D eigenvalue weighted by atomic mass is 10.1. The van der Waals surface area contributed by atoms with Crippen LogP contribution in [0.1, 0.15) is 49.5 Å². The largest absolute Gasteiger partial charge is 0.355 e. The third-order valence-corrected chi connectivity index (χ3v) is 6.96. The Morgan fingerprint density at radius 2 is 1.64 bits per heavy atom. The molecule has 0 bridgehead atoms. The zero-order valence-corrected chi connectivity index (χ0v) is 25.6. The van der Waals surface area contributed by atoms with Gasteiger partial charge in [0.25, 0.3) is 0 Å². The molecule has 0 saturated heterocycles. The molecule has 0 spiro atoms. The summed E-state index contributed by atoms with van der Waals surface area (Å²) >= 11 is 1.63. The highest BCUT2D eigenvalue weighted by Crippen LogP contribution is 2.26. The maximum atomic E-state index is 11.7. The Bertz CT molecular complexity index is 1280. The van der Waals surface area contributed by atoms with Crippen LogP contribution < -0.4 is 10.2 Å². The van der Waals surface area contributed by atoms with Crippen molar-refractivity contribution in [2.75, 3.05) is 38.1 Å². The molecule has 4 aromatic rings. The van der Waals surface area contributed by atoms with Gasteiger partial charge in [-0.05, 0) is 75.8 Å². The number of fused-ring (bicyclic) bond motifs is 1. The SMILES string of the molecule is CC.CCN(CC)CCNC(=O)Cc1ccnc(C)c1.Cc1ccc(N(C)c2ccc3nc(C)sc3n2)cc1. The highest BCUT2D eigenvalue weighted by Gasteiger charge is 2.08. The number of aryl methyl sites for hydroxylation is 3. The fraction of sp³-hybridized carbons (Fsp3) is 0.419. The van der Waals surface area contributed by atoms with Crippen LogP contribution in [0.4, 0.5) is 11.5 Å². The predicted molar refractivity (Wildman–Crippen MR) is 166 cm³/mol. The number of hydrogen-bond acceptors (Lipinski definition) is 7. The first-order valence-corrected chi connectivity index (χ1v) is 14.6. The van der Waals surface area contributed by atoms with E-state index in [1.165, 1.54) is 5.56 Å². The van der Waals surface area contributed by atoms with Crippen molar-refractivity contribution >= 4 is 39.1 Å². The van der Waals surface area contributed by atoms with Gasteiger partial charge in [-0.25, -0.2) is 9.97 Å². The number of pyridine rings is 2. The average Bonchev–Trinajstić information content (AvgIpc) is 3.32. The minimum Gasteiger partial charge on any atom is -0.355 e. The molecule has 1 N–H and O–H groups in total. The Hall–Kier alpha value is -3.36. The summed E-state index contributed by atoms with van der Waals surface area (Å²) in [6.07, 6.45) is 2.18. The number of hydrogen-bond donors (Lipinski definition) is 1. The second-order valence-electron chi connectivity index (χ2n) is 8.98. The maximum Gasteiger partial charge on any atom is 0.224 e. The number of thiazole rings is 1. The summed E-state index contributed by atoms with van der Waals surface area (Å²) in [5.41, 5.74) is 5.34. The van der Waals surface area contributed by atoms with E-state index < -0.39 is 0 Å². The van der Waals surface area contributed by atoms with E-state index in [1.54, 1.807) is 17.5 Å². The van der Waals surface area contributed by atoms with Crippen molar-refractivity contribution in [3.05, 3.63) is 76.6 Å². The highest BCUT2D eigenvalue weighted by molar-refractivity contribution is 7.18. The number of anilines is 2. The minimum absolute atomic E-state index is 0.0766. The molecule has 7 nitrogen and oxygen atoms in total.